The summed E-state index contributed by atoms with van der Waals surface area (Å²) < 4.78 is 0. The number of carbonyl (C=O) groups is 1. The molecule has 8 heteroatoms. The summed E-state index contributed by atoms with van der Waals surface area (Å²) in [5.74, 6) is -0.132. The standard InChI is InChI=1S/C26H23N7O/c34-26(29-14-12-20-16-27-17-30-20)22-6-1-2-7-23(22)31-19-8-10-21-24(32-33-25(21)15-19)11-9-18-5-3-4-13-28-18/h1-11,13,15-17,31H,12,14H2,(H,27,30)(H,29,34)(H,32,33)/b11-9+. The largest absolute Gasteiger partial charge is 0.355 e. The fourth-order valence-corrected chi connectivity index (χ4v) is 3.66. The third-order valence-electron chi connectivity index (χ3n) is 5.38. The zero-order valence-electron chi connectivity index (χ0n) is 18.3. The predicted octanol–water partition coefficient (Wildman–Crippen LogP) is 4.57. The lowest BCUT2D eigenvalue weighted by Crippen LogP contribution is -2.26. The van der Waals surface area contributed by atoms with Gasteiger partial charge in [0.2, 0.25) is 0 Å². The maximum absolute atomic E-state index is 12.8. The van der Waals surface area contributed by atoms with Crippen molar-refractivity contribution in [3.63, 3.8) is 0 Å². The number of para-hydroxylation sites is 1. The molecular weight excluding hydrogens is 426 g/mol. The molecule has 0 aliphatic rings. The highest BCUT2D eigenvalue weighted by molar-refractivity contribution is 6.00. The molecule has 34 heavy (non-hydrogen) atoms. The number of hydrogen-bond acceptors (Lipinski definition) is 5. The molecule has 3 aromatic heterocycles. The van der Waals surface area contributed by atoms with E-state index in [4.69, 9.17) is 0 Å². The molecule has 168 valence electrons. The Morgan fingerprint density at radius 1 is 1.03 bits per heavy atom. The first-order chi connectivity index (χ1) is 16.8. The van der Waals surface area contributed by atoms with Gasteiger partial charge < -0.3 is 15.6 Å². The number of nitrogens with one attached hydrogen (secondary N) is 4. The normalized spacial score (nSPS) is 11.2. The molecule has 0 spiro atoms. The van der Waals surface area contributed by atoms with Crippen LogP contribution in [0.3, 0.4) is 0 Å². The van der Waals surface area contributed by atoms with Crippen LogP contribution in [-0.4, -0.2) is 37.6 Å². The van der Waals surface area contributed by atoms with Crippen molar-refractivity contribution in [2.45, 2.75) is 6.42 Å². The third kappa shape index (κ3) is 4.86. The predicted molar refractivity (Wildman–Crippen MR) is 134 cm³/mol. The van der Waals surface area contributed by atoms with Gasteiger partial charge in [-0.3, -0.25) is 14.9 Å². The van der Waals surface area contributed by atoms with Crippen LogP contribution in [-0.2, 0) is 6.42 Å². The molecule has 2 aromatic carbocycles. The maximum atomic E-state index is 12.8. The monoisotopic (exact) mass is 449 g/mol. The van der Waals surface area contributed by atoms with Crippen molar-refractivity contribution in [1.82, 2.24) is 30.5 Å². The van der Waals surface area contributed by atoms with Crippen molar-refractivity contribution in [2.75, 3.05) is 11.9 Å². The zero-order valence-corrected chi connectivity index (χ0v) is 18.3. The molecule has 0 bridgehead atoms. The van der Waals surface area contributed by atoms with E-state index in [-0.39, 0.29) is 5.91 Å². The Morgan fingerprint density at radius 2 is 1.94 bits per heavy atom. The van der Waals surface area contributed by atoms with Crippen molar-refractivity contribution < 1.29 is 4.79 Å². The van der Waals surface area contributed by atoms with Gasteiger partial charge in [-0.05, 0) is 54.6 Å². The van der Waals surface area contributed by atoms with Gasteiger partial charge in [0.05, 0.1) is 34.5 Å². The van der Waals surface area contributed by atoms with E-state index in [2.05, 4.69) is 35.8 Å². The SMILES string of the molecule is O=C(NCCc1cnc[nH]1)c1ccccc1Nc1ccc2c(/C=C/c3ccccn3)n[nH]c2c1. The van der Waals surface area contributed by atoms with Crippen LogP contribution in [0.15, 0.2) is 79.4 Å². The van der Waals surface area contributed by atoms with E-state index < -0.39 is 0 Å². The number of anilines is 2. The molecular formula is C26H23N7O. The van der Waals surface area contributed by atoms with E-state index in [9.17, 15) is 4.79 Å². The summed E-state index contributed by atoms with van der Waals surface area (Å²) in [4.78, 5) is 24.1. The van der Waals surface area contributed by atoms with Gasteiger partial charge in [0.15, 0.2) is 0 Å². The van der Waals surface area contributed by atoms with Gasteiger partial charge >= 0.3 is 0 Å². The maximum Gasteiger partial charge on any atom is 0.253 e. The molecule has 8 nitrogen and oxygen atoms in total. The quantitative estimate of drug-likeness (QED) is 0.277. The Hall–Kier alpha value is -4.72. The Kier molecular flexibility index (Phi) is 6.11. The third-order valence-corrected chi connectivity index (χ3v) is 5.38. The molecule has 5 rings (SSSR count). The fourth-order valence-electron chi connectivity index (χ4n) is 3.66. The zero-order chi connectivity index (χ0) is 23.2. The van der Waals surface area contributed by atoms with Gasteiger partial charge in [-0.25, -0.2) is 4.98 Å². The lowest BCUT2D eigenvalue weighted by Gasteiger charge is -2.12. The first kappa shape index (κ1) is 21.1. The van der Waals surface area contributed by atoms with E-state index in [1.54, 1.807) is 18.7 Å². The van der Waals surface area contributed by atoms with Crippen LogP contribution >= 0.6 is 0 Å². The molecule has 0 aliphatic carbocycles. The molecule has 0 radical (unpaired) electrons. The van der Waals surface area contributed by atoms with Crippen molar-refractivity contribution in [2.24, 2.45) is 0 Å². The number of aromatic nitrogens is 5. The van der Waals surface area contributed by atoms with Crippen LogP contribution < -0.4 is 10.6 Å². The summed E-state index contributed by atoms with van der Waals surface area (Å²) in [6, 6.07) is 19.2. The summed E-state index contributed by atoms with van der Waals surface area (Å²) in [5.41, 5.74) is 5.75. The second-order valence-electron chi connectivity index (χ2n) is 7.71. The highest BCUT2D eigenvalue weighted by atomic mass is 16.1. The minimum Gasteiger partial charge on any atom is -0.355 e. The summed E-state index contributed by atoms with van der Waals surface area (Å²) in [6.07, 6.45) is 9.71. The number of hydrogen-bond donors (Lipinski definition) is 4. The lowest BCUT2D eigenvalue weighted by molar-refractivity contribution is 0.0955. The number of benzene rings is 2. The van der Waals surface area contributed by atoms with Crippen LogP contribution in [0.5, 0.6) is 0 Å². The molecule has 3 heterocycles. The van der Waals surface area contributed by atoms with E-state index in [0.29, 0.717) is 18.5 Å². The number of aromatic amines is 2. The van der Waals surface area contributed by atoms with Gasteiger partial charge in [0.25, 0.3) is 5.91 Å². The molecule has 1 amide bonds. The first-order valence-electron chi connectivity index (χ1n) is 10.9. The summed E-state index contributed by atoms with van der Waals surface area (Å²) in [7, 11) is 0. The van der Waals surface area contributed by atoms with Crippen molar-refractivity contribution in [1.29, 1.82) is 0 Å². The molecule has 0 atom stereocenters. The molecule has 0 aliphatic heterocycles. The number of fused-ring (bicyclic) bond motifs is 1. The average Bonchev–Trinajstić information content (AvgIpc) is 3.53. The molecule has 5 aromatic rings. The second-order valence-corrected chi connectivity index (χ2v) is 7.71. The van der Waals surface area contributed by atoms with Crippen molar-refractivity contribution in [3.8, 4) is 0 Å². The second kappa shape index (κ2) is 9.83. The van der Waals surface area contributed by atoms with Gasteiger partial charge in [-0.1, -0.05) is 18.2 Å². The van der Waals surface area contributed by atoms with E-state index in [1.807, 2.05) is 72.8 Å². The van der Waals surface area contributed by atoms with Crippen molar-refractivity contribution in [3.05, 3.63) is 102 Å². The fraction of sp³-hybridized carbons (Fsp3) is 0.0769. The number of imidazole rings is 1. The molecule has 0 unspecified atom stereocenters. The van der Waals surface area contributed by atoms with Crippen LogP contribution in [0.4, 0.5) is 11.4 Å². The Balaban J connectivity index is 1.29. The Bertz CT molecular complexity index is 1420. The smallest absolute Gasteiger partial charge is 0.253 e. The minimum atomic E-state index is -0.132. The number of rotatable bonds is 8. The van der Waals surface area contributed by atoms with Gasteiger partial charge in [0, 0.05) is 42.1 Å². The summed E-state index contributed by atoms with van der Waals surface area (Å²) in [6.45, 7) is 0.518. The molecule has 0 saturated heterocycles. The topological polar surface area (TPSA) is 111 Å². The Morgan fingerprint density at radius 3 is 2.79 bits per heavy atom. The lowest BCUT2D eigenvalue weighted by atomic mass is 10.1. The van der Waals surface area contributed by atoms with Crippen LogP contribution in [0.1, 0.15) is 27.4 Å². The average molecular weight is 450 g/mol. The van der Waals surface area contributed by atoms with Crippen molar-refractivity contribution >= 4 is 40.3 Å². The van der Waals surface area contributed by atoms with Crippen LogP contribution in [0, 0.1) is 0 Å². The molecule has 0 saturated carbocycles. The molecule has 4 N–H and O–H groups in total. The Labute approximate surface area is 196 Å². The first-order valence-corrected chi connectivity index (χ1v) is 10.9. The minimum absolute atomic E-state index is 0.132. The highest BCUT2D eigenvalue weighted by Gasteiger charge is 2.12. The number of pyridine rings is 1. The number of H-pyrrole nitrogens is 2. The van der Waals surface area contributed by atoms with E-state index >= 15 is 0 Å². The number of nitrogens with zero attached hydrogens (tertiary/aromatic N) is 3. The van der Waals surface area contributed by atoms with E-state index in [0.717, 1.165) is 39.4 Å². The highest BCUT2D eigenvalue weighted by Crippen LogP contribution is 2.26. The summed E-state index contributed by atoms with van der Waals surface area (Å²) in [5, 5.41) is 14.8. The molecule has 0 fully saturated rings. The van der Waals surface area contributed by atoms with Crippen LogP contribution in [0.2, 0.25) is 0 Å². The number of carbonyl (C=O) groups excluding carboxylic acids is 1. The number of amides is 1. The van der Waals surface area contributed by atoms with Gasteiger partial charge in [-0.2, -0.15) is 5.10 Å². The van der Waals surface area contributed by atoms with Gasteiger partial charge in [-0.15, -0.1) is 0 Å². The summed E-state index contributed by atoms with van der Waals surface area (Å²) >= 11 is 0. The van der Waals surface area contributed by atoms with Crippen LogP contribution in [0.25, 0.3) is 23.1 Å². The van der Waals surface area contributed by atoms with E-state index in [1.165, 1.54) is 0 Å². The van der Waals surface area contributed by atoms with Gasteiger partial charge in [0.1, 0.15) is 0 Å².